The van der Waals surface area contributed by atoms with Crippen molar-refractivity contribution in [3.63, 3.8) is 0 Å². The second kappa shape index (κ2) is 5.41. The second-order valence-corrected chi connectivity index (χ2v) is 6.84. The average Bonchev–Trinajstić information content (AvgIpc) is 2.80. The van der Waals surface area contributed by atoms with E-state index in [-0.39, 0.29) is 41.7 Å². The number of esters is 1. The van der Waals surface area contributed by atoms with Crippen molar-refractivity contribution >= 4 is 5.97 Å². The van der Waals surface area contributed by atoms with Crippen LogP contribution < -0.4 is 0 Å². The Morgan fingerprint density at radius 1 is 1.19 bits per heavy atom. The third-order valence-corrected chi connectivity index (χ3v) is 5.05. The fourth-order valence-corrected chi connectivity index (χ4v) is 2.98. The summed E-state index contributed by atoms with van der Waals surface area (Å²) in [6.45, 7) is 8.61. The number of benzene rings is 1. The Labute approximate surface area is 125 Å². The molecule has 0 amide bonds. The minimum atomic E-state index is -0.336. The number of ether oxygens (including phenoxy) is 2. The molecule has 0 N–H and O–H groups in total. The van der Waals surface area contributed by atoms with Gasteiger partial charge in [0.2, 0.25) is 0 Å². The number of carbonyl (C=O) groups excluding carboxylic acids is 1. The maximum atomic E-state index is 13.8. The summed E-state index contributed by atoms with van der Waals surface area (Å²) in [7, 11) is 1.52. The highest BCUT2D eigenvalue weighted by Crippen LogP contribution is 2.68. The molecule has 0 spiro atoms. The molecule has 0 radical (unpaired) electrons. The molecule has 0 heterocycles. The maximum absolute atomic E-state index is 13.8. The fraction of sp³-hybridized carbons (Fsp3) is 0.588. The minimum absolute atomic E-state index is 0.0440. The Hall–Kier alpha value is -1.42. The predicted octanol–water partition coefficient (Wildman–Crippen LogP) is 3.70. The highest BCUT2D eigenvalue weighted by atomic mass is 19.1. The summed E-state index contributed by atoms with van der Waals surface area (Å²) in [5.74, 6) is -0.633. The normalized spacial score (nSPS) is 19.3. The maximum Gasteiger partial charge on any atom is 0.310 e. The molecule has 1 aliphatic rings. The van der Waals surface area contributed by atoms with E-state index in [0.717, 1.165) is 0 Å². The molecular weight excluding hydrogens is 271 g/mol. The van der Waals surface area contributed by atoms with Crippen molar-refractivity contribution in [2.45, 2.75) is 40.9 Å². The van der Waals surface area contributed by atoms with Crippen molar-refractivity contribution in [2.75, 3.05) is 7.11 Å². The number of hydrogen-bond acceptors (Lipinski definition) is 3. The first-order chi connectivity index (χ1) is 9.71. The molecule has 1 aromatic carbocycles. The van der Waals surface area contributed by atoms with Crippen LogP contribution >= 0.6 is 0 Å². The van der Waals surface area contributed by atoms with Gasteiger partial charge in [0.15, 0.2) is 0 Å². The summed E-state index contributed by atoms with van der Waals surface area (Å²) < 4.78 is 24.0. The lowest BCUT2D eigenvalue weighted by Gasteiger charge is -2.08. The SMILES string of the molecule is COCc1ccc(COC(=O)C2C(C)(C)C2(C)C)cc1F. The van der Waals surface area contributed by atoms with E-state index in [0.29, 0.717) is 11.1 Å². The van der Waals surface area contributed by atoms with E-state index in [1.807, 2.05) is 0 Å². The Morgan fingerprint density at radius 3 is 2.29 bits per heavy atom. The molecule has 116 valence electrons. The van der Waals surface area contributed by atoms with Gasteiger partial charge in [0.25, 0.3) is 0 Å². The van der Waals surface area contributed by atoms with Crippen molar-refractivity contribution in [1.29, 1.82) is 0 Å². The van der Waals surface area contributed by atoms with Crippen LogP contribution in [0.5, 0.6) is 0 Å². The molecule has 0 bridgehead atoms. The Balaban J connectivity index is 1.95. The smallest absolute Gasteiger partial charge is 0.310 e. The molecule has 3 nitrogen and oxygen atoms in total. The monoisotopic (exact) mass is 294 g/mol. The standard InChI is InChI=1S/C17H23FO3/c1-16(2)14(17(16,3)4)15(19)21-9-11-6-7-12(10-20-5)13(18)8-11/h6-8,14H,9-10H2,1-5H3. The Kier molecular flexibility index (Phi) is 4.11. The Bertz CT molecular complexity index is 535. The van der Waals surface area contributed by atoms with E-state index >= 15 is 0 Å². The summed E-state index contributed by atoms with van der Waals surface area (Å²) in [5, 5.41) is 0. The molecule has 1 aliphatic carbocycles. The molecule has 1 saturated carbocycles. The van der Waals surface area contributed by atoms with Gasteiger partial charge in [0.05, 0.1) is 12.5 Å². The number of carbonyl (C=O) groups is 1. The minimum Gasteiger partial charge on any atom is -0.461 e. The highest BCUT2D eigenvalue weighted by Gasteiger charge is 2.69. The number of hydrogen-bond donors (Lipinski definition) is 0. The molecule has 21 heavy (non-hydrogen) atoms. The molecule has 1 aromatic rings. The quantitative estimate of drug-likeness (QED) is 0.777. The third kappa shape index (κ3) is 2.82. The van der Waals surface area contributed by atoms with Gasteiger partial charge in [0.1, 0.15) is 12.4 Å². The Morgan fingerprint density at radius 2 is 1.81 bits per heavy atom. The van der Waals surface area contributed by atoms with E-state index in [9.17, 15) is 9.18 Å². The van der Waals surface area contributed by atoms with Crippen LogP contribution in [0.4, 0.5) is 4.39 Å². The number of rotatable bonds is 5. The zero-order chi connectivity index (χ0) is 15.8. The molecule has 2 rings (SSSR count). The van der Waals surface area contributed by atoms with E-state index in [4.69, 9.17) is 9.47 Å². The highest BCUT2D eigenvalue weighted by molar-refractivity contribution is 5.78. The summed E-state index contributed by atoms with van der Waals surface area (Å²) >= 11 is 0. The molecular formula is C17H23FO3. The lowest BCUT2D eigenvalue weighted by molar-refractivity contribution is -0.148. The van der Waals surface area contributed by atoms with Crippen LogP contribution in [-0.2, 0) is 27.5 Å². The molecule has 0 saturated heterocycles. The first kappa shape index (κ1) is 16.0. The lowest BCUT2D eigenvalue weighted by Crippen LogP contribution is -2.11. The third-order valence-electron chi connectivity index (χ3n) is 5.05. The van der Waals surface area contributed by atoms with Gasteiger partial charge in [-0.05, 0) is 22.5 Å². The first-order valence-electron chi connectivity index (χ1n) is 7.14. The summed E-state index contributed by atoms with van der Waals surface area (Å²) in [6, 6.07) is 4.81. The van der Waals surface area contributed by atoms with Crippen molar-refractivity contribution in [3.8, 4) is 0 Å². The van der Waals surface area contributed by atoms with Crippen LogP contribution in [0, 0.1) is 22.6 Å². The number of methoxy groups -OCH3 is 1. The van der Waals surface area contributed by atoms with E-state index in [1.54, 1.807) is 12.1 Å². The van der Waals surface area contributed by atoms with Gasteiger partial charge in [-0.2, -0.15) is 0 Å². The van der Waals surface area contributed by atoms with Gasteiger partial charge in [-0.25, -0.2) is 4.39 Å². The van der Waals surface area contributed by atoms with Crippen LogP contribution in [0.2, 0.25) is 0 Å². The summed E-state index contributed by atoms with van der Waals surface area (Å²) in [5.41, 5.74) is 1.06. The molecule has 4 heteroatoms. The lowest BCUT2D eigenvalue weighted by atomic mass is 10.0. The topological polar surface area (TPSA) is 35.5 Å². The van der Waals surface area contributed by atoms with Crippen LogP contribution in [0.1, 0.15) is 38.8 Å². The molecule has 1 fully saturated rings. The summed E-state index contributed by atoms with van der Waals surface area (Å²) in [6.07, 6.45) is 0. The first-order valence-corrected chi connectivity index (χ1v) is 7.14. The van der Waals surface area contributed by atoms with E-state index < -0.39 is 0 Å². The average molecular weight is 294 g/mol. The van der Waals surface area contributed by atoms with Crippen molar-refractivity contribution in [2.24, 2.45) is 16.7 Å². The van der Waals surface area contributed by atoms with E-state index in [1.165, 1.54) is 13.2 Å². The van der Waals surface area contributed by atoms with Crippen LogP contribution in [0.3, 0.4) is 0 Å². The van der Waals surface area contributed by atoms with Gasteiger partial charge in [0, 0.05) is 12.7 Å². The molecule has 0 atom stereocenters. The number of halogens is 1. The van der Waals surface area contributed by atoms with E-state index in [2.05, 4.69) is 27.7 Å². The van der Waals surface area contributed by atoms with Crippen LogP contribution in [-0.4, -0.2) is 13.1 Å². The molecule has 0 unspecified atom stereocenters. The van der Waals surface area contributed by atoms with Gasteiger partial charge < -0.3 is 9.47 Å². The van der Waals surface area contributed by atoms with Crippen molar-refractivity contribution < 1.29 is 18.7 Å². The van der Waals surface area contributed by atoms with Crippen LogP contribution in [0.25, 0.3) is 0 Å². The zero-order valence-electron chi connectivity index (χ0n) is 13.3. The summed E-state index contributed by atoms with van der Waals surface area (Å²) in [4.78, 5) is 12.1. The largest absolute Gasteiger partial charge is 0.461 e. The van der Waals surface area contributed by atoms with Gasteiger partial charge in [-0.1, -0.05) is 39.8 Å². The predicted molar refractivity (Wildman–Crippen MR) is 78.0 cm³/mol. The molecule has 0 aliphatic heterocycles. The molecule has 0 aromatic heterocycles. The van der Waals surface area contributed by atoms with Gasteiger partial charge in [-0.15, -0.1) is 0 Å². The van der Waals surface area contributed by atoms with Gasteiger partial charge >= 0.3 is 5.97 Å². The second-order valence-electron chi connectivity index (χ2n) is 6.84. The van der Waals surface area contributed by atoms with Crippen molar-refractivity contribution in [3.05, 3.63) is 35.1 Å². The fourth-order valence-electron chi connectivity index (χ4n) is 2.98. The zero-order valence-corrected chi connectivity index (χ0v) is 13.3. The van der Waals surface area contributed by atoms with Crippen molar-refractivity contribution in [1.82, 2.24) is 0 Å². The van der Waals surface area contributed by atoms with Crippen LogP contribution in [0.15, 0.2) is 18.2 Å². The van der Waals surface area contributed by atoms with Gasteiger partial charge in [-0.3, -0.25) is 4.79 Å².